The highest BCUT2D eigenvalue weighted by molar-refractivity contribution is 8.18. The van der Waals surface area contributed by atoms with E-state index in [1.807, 2.05) is 0 Å². The molecule has 2 aromatic carbocycles. The molecule has 0 atom stereocenters. The lowest BCUT2D eigenvalue weighted by Crippen LogP contribution is -2.41. The van der Waals surface area contributed by atoms with E-state index < -0.39 is 45.4 Å². The number of rotatable bonds is 6. The summed E-state index contributed by atoms with van der Waals surface area (Å²) in [6.45, 7) is -0.922. The largest absolute Gasteiger partial charge is 0.416 e. The van der Waals surface area contributed by atoms with Crippen LogP contribution in [0.1, 0.15) is 16.7 Å². The summed E-state index contributed by atoms with van der Waals surface area (Å²) in [5, 5.41) is 3.98. The highest BCUT2D eigenvalue weighted by atomic mass is 35.5. The predicted molar refractivity (Wildman–Crippen MR) is 131 cm³/mol. The highest BCUT2D eigenvalue weighted by Gasteiger charge is 2.37. The third-order valence-corrected chi connectivity index (χ3v) is 6.88. The number of nitrogens with zero attached hydrogens (tertiary/aromatic N) is 3. The van der Waals surface area contributed by atoms with Crippen molar-refractivity contribution in [2.24, 2.45) is 0 Å². The van der Waals surface area contributed by atoms with Gasteiger partial charge in [0.25, 0.3) is 17.1 Å². The van der Waals surface area contributed by atoms with Gasteiger partial charge in [0.15, 0.2) is 0 Å². The summed E-state index contributed by atoms with van der Waals surface area (Å²) in [5.41, 5.74) is 0.159. The SMILES string of the molecule is CS(=O)(=O)NC(=O)CN1C(=O)S/C(=C\c2ccc3c(cnn3Cc3ccc(Cl)cc3C(F)(F)F)c2)C1=O. The number of hydrogen-bond donors (Lipinski definition) is 1. The number of benzene rings is 2. The van der Waals surface area contributed by atoms with Gasteiger partial charge in [0.2, 0.25) is 10.0 Å². The van der Waals surface area contributed by atoms with Crippen LogP contribution in [0.15, 0.2) is 47.5 Å². The molecule has 15 heteroatoms. The van der Waals surface area contributed by atoms with Crippen molar-refractivity contribution < 1.29 is 36.0 Å². The molecular weight excluding hydrogens is 557 g/mol. The van der Waals surface area contributed by atoms with Crippen molar-refractivity contribution >= 4 is 67.4 Å². The molecule has 1 N–H and O–H groups in total. The summed E-state index contributed by atoms with van der Waals surface area (Å²) in [6.07, 6.45) is -0.958. The Hall–Kier alpha value is -3.36. The Kier molecular flexibility index (Phi) is 7.10. The fraction of sp³-hybridized carbons (Fsp3) is 0.182. The van der Waals surface area contributed by atoms with Crippen LogP contribution in [0.3, 0.4) is 0 Å². The predicted octanol–water partition coefficient (Wildman–Crippen LogP) is 3.87. The quantitative estimate of drug-likeness (QED) is 0.445. The van der Waals surface area contributed by atoms with Crippen molar-refractivity contribution in [1.29, 1.82) is 0 Å². The molecule has 3 aromatic rings. The molecule has 9 nitrogen and oxygen atoms in total. The minimum absolute atomic E-state index is 0.0138. The van der Waals surface area contributed by atoms with Gasteiger partial charge in [-0.1, -0.05) is 23.7 Å². The average Bonchev–Trinajstić information content (AvgIpc) is 3.28. The molecule has 37 heavy (non-hydrogen) atoms. The zero-order chi connectivity index (χ0) is 27.1. The first-order valence-corrected chi connectivity index (χ1v) is 13.4. The number of sulfonamides is 1. The van der Waals surface area contributed by atoms with E-state index in [0.717, 1.165) is 12.3 Å². The number of halogens is 4. The Labute approximate surface area is 217 Å². The van der Waals surface area contributed by atoms with Crippen molar-refractivity contribution in [3.8, 4) is 0 Å². The summed E-state index contributed by atoms with van der Waals surface area (Å²) in [7, 11) is -3.85. The van der Waals surface area contributed by atoms with Gasteiger partial charge < -0.3 is 0 Å². The molecule has 0 spiro atoms. The second-order valence-corrected chi connectivity index (χ2v) is 11.2. The molecule has 1 aliphatic rings. The number of amides is 3. The Morgan fingerprint density at radius 3 is 2.59 bits per heavy atom. The van der Waals surface area contributed by atoms with Crippen LogP contribution in [0, 0.1) is 0 Å². The second kappa shape index (κ2) is 9.84. The Bertz CT molecular complexity index is 1580. The molecule has 1 aliphatic heterocycles. The number of thioether (sulfide) groups is 1. The molecule has 0 saturated carbocycles. The van der Waals surface area contributed by atoms with Gasteiger partial charge in [-0.2, -0.15) is 18.3 Å². The minimum atomic E-state index is -4.59. The summed E-state index contributed by atoms with van der Waals surface area (Å²) in [6, 6.07) is 8.36. The van der Waals surface area contributed by atoms with E-state index in [-0.39, 0.29) is 22.0 Å². The number of aromatic nitrogens is 2. The van der Waals surface area contributed by atoms with E-state index in [1.54, 1.807) is 22.9 Å². The van der Waals surface area contributed by atoms with Gasteiger partial charge in [0.1, 0.15) is 6.54 Å². The minimum Gasteiger partial charge on any atom is -0.272 e. The Morgan fingerprint density at radius 2 is 1.92 bits per heavy atom. The molecule has 1 saturated heterocycles. The van der Waals surface area contributed by atoms with Crippen molar-refractivity contribution in [2.75, 3.05) is 12.8 Å². The maximum atomic E-state index is 13.4. The third-order valence-electron chi connectivity index (χ3n) is 5.14. The first-order valence-electron chi connectivity index (χ1n) is 10.3. The maximum absolute atomic E-state index is 13.4. The zero-order valence-electron chi connectivity index (χ0n) is 18.7. The molecule has 1 fully saturated rings. The molecule has 0 aliphatic carbocycles. The van der Waals surface area contributed by atoms with Gasteiger partial charge >= 0.3 is 6.18 Å². The summed E-state index contributed by atoms with van der Waals surface area (Å²) in [4.78, 5) is 37.2. The lowest BCUT2D eigenvalue weighted by molar-refractivity contribution is -0.138. The molecule has 0 bridgehead atoms. The smallest absolute Gasteiger partial charge is 0.272 e. The van der Waals surface area contributed by atoms with E-state index in [9.17, 15) is 36.0 Å². The highest BCUT2D eigenvalue weighted by Crippen LogP contribution is 2.35. The van der Waals surface area contributed by atoms with Gasteiger partial charge in [-0.25, -0.2) is 8.42 Å². The van der Waals surface area contributed by atoms with E-state index >= 15 is 0 Å². The van der Waals surface area contributed by atoms with Gasteiger partial charge in [-0.3, -0.25) is 28.7 Å². The Balaban J connectivity index is 1.56. The molecular formula is C22H16ClF3N4O5S2. The average molecular weight is 573 g/mol. The van der Waals surface area contributed by atoms with Gasteiger partial charge in [-0.05, 0) is 53.2 Å². The fourth-order valence-corrected chi connectivity index (χ4v) is 5.09. The molecule has 194 valence electrons. The van der Waals surface area contributed by atoms with Crippen molar-refractivity contribution in [3.05, 3.63) is 69.2 Å². The molecule has 0 unspecified atom stereocenters. The standard InChI is InChI=1S/C22H16ClF3N4O5S2/c1-37(34,35)28-19(31)11-29-20(32)18(36-21(29)33)7-12-2-5-17-14(6-12)9-27-30(17)10-13-3-4-15(23)8-16(13)22(24,25)26/h2-9H,10-11H2,1H3,(H,28,31)/b18-7-. The van der Waals surface area contributed by atoms with E-state index in [0.29, 0.717) is 33.1 Å². The lowest BCUT2D eigenvalue weighted by atomic mass is 10.1. The molecule has 0 radical (unpaired) electrons. The number of hydrogen-bond acceptors (Lipinski definition) is 7. The molecule has 1 aromatic heterocycles. The second-order valence-electron chi connectivity index (χ2n) is 7.98. The van der Waals surface area contributed by atoms with Crippen LogP contribution >= 0.6 is 23.4 Å². The fourth-order valence-electron chi connectivity index (χ4n) is 3.60. The summed E-state index contributed by atoms with van der Waals surface area (Å²) < 4.78 is 65.8. The lowest BCUT2D eigenvalue weighted by Gasteiger charge is -2.14. The van der Waals surface area contributed by atoms with Crippen LogP contribution in [0.4, 0.5) is 18.0 Å². The van der Waals surface area contributed by atoms with Crippen molar-refractivity contribution in [2.45, 2.75) is 12.7 Å². The number of alkyl halides is 3. The van der Waals surface area contributed by atoms with Crippen molar-refractivity contribution in [1.82, 2.24) is 19.4 Å². The summed E-state index contributed by atoms with van der Waals surface area (Å²) >= 11 is 6.33. The van der Waals surface area contributed by atoms with Crippen LogP contribution in [-0.2, 0) is 32.3 Å². The number of nitrogens with one attached hydrogen (secondary N) is 1. The molecule has 2 heterocycles. The normalized spacial score (nSPS) is 15.7. The first kappa shape index (κ1) is 26.7. The third kappa shape index (κ3) is 6.14. The van der Waals surface area contributed by atoms with Crippen molar-refractivity contribution in [3.63, 3.8) is 0 Å². The van der Waals surface area contributed by atoms with Gasteiger partial charge in [0.05, 0.1) is 35.0 Å². The van der Waals surface area contributed by atoms with Crippen LogP contribution in [-0.4, -0.2) is 53.0 Å². The van der Waals surface area contributed by atoms with Crippen LogP contribution in [0.25, 0.3) is 17.0 Å². The number of imide groups is 1. The van der Waals surface area contributed by atoms with Gasteiger partial charge in [-0.15, -0.1) is 0 Å². The number of carbonyl (C=O) groups is 3. The Morgan fingerprint density at radius 1 is 1.19 bits per heavy atom. The topological polar surface area (TPSA) is 118 Å². The molecule has 3 amide bonds. The van der Waals surface area contributed by atoms with E-state index in [2.05, 4.69) is 5.10 Å². The number of carbonyl (C=O) groups excluding carboxylic acids is 3. The monoisotopic (exact) mass is 572 g/mol. The van der Waals surface area contributed by atoms with Gasteiger partial charge in [0, 0.05) is 10.4 Å². The van der Waals surface area contributed by atoms with E-state index in [4.69, 9.17) is 11.6 Å². The summed E-state index contributed by atoms with van der Waals surface area (Å²) in [5.74, 6) is -1.80. The van der Waals surface area contributed by atoms with Crippen LogP contribution < -0.4 is 4.72 Å². The van der Waals surface area contributed by atoms with E-state index in [1.165, 1.54) is 29.1 Å². The first-order chi connectivity index (χ1) is 17.2. The van der Waals surface area contributed by atoms with Crippen LogP contribution in [0.5, 0.6) is 0 Å². The molecule has 4 rings (SSSR count). The zero-order valence-corrected chi connectivity index (χ0v) is 21.1. The maximum Gasteiger partial charge on any atom is 0.416 e. The number of fused-ring (bicyclic) bond motifs is 1. The van der Waals surface area contributed by atoms with Crippen LogP contribution in [0.2, 0.25) is 5.02 Å².